The van der Waals surface area contributed by atoms with Crippen molar-refractivity contribution >= 4 is 11.5 Å². The maximum Gasteiger partial charge on any atom is 0.387 e. The van der Waals surface area contributed by atoms with E-state index >= 15 is 0 Å². The second kappa shape index (κ2) is 6.98. The van der Waals surface area contributed by atoms with Crippen LogP contribution in [0, 0.1) is 13.8 Å². The van der Waals surface area contributed by atoms with Gasteiger partial charge in [-0.1, -0.05) is 12.1 Å². The summed E-state index contributed by atoms with van der Waals surface area (Å²) in [5, 5.41) is 3.41. The number of alkyl halides is 2. The van der Waals surface area contributed by atoms with E-state index in [0.717, 1.165) is 30.2 Å². The summed E-state index contributed by atoms with van der Waals surface area (Å²) in [6, 6.07) is 7.07. The van der Waals surface area contributed by atoms with Gasteiger partial charge in [-0.3, -0.25) is 4.98 Å². The molecule has 1 aliphatic rings. The molecule has 1 unspecified atom stereocenters. The normalized spacial score (nSPS) is 17.4. The Morgan fingerprint density at radius 2 is 2.08 bits per heavy atom. The van der Waals surface area contributed by atoms with E-state index in [0.29, 0.717) is 12.2 Å². The summed E-state index contributed by atoms with van der Waals surface area (Å²) in [6.45, 7) is 2.44. The zero-order chi connectivity index (χ0) is 17.1. The van der Waals surface area contributed by atoms with Gasteiger partial charge >= 0.3 is 6.61 Å². The van der Waals surface area contributed by atoms with Crippen LogP contribution in [0.3, 0.4) is 0 Å². The lowest BCUT2D eigenvalue weighted by Crippen LogP contribution is -2.27. The fourth-order valence-electron chi connectivity index (χ4n) is 2.88. The molecule has 2 aromatic rings. The van der Waals surface area contributed by atoms with Gasteiger partial charge in [0, 0.05) is 25.3 Å². The molecule has 0 spiro atoms. The first-order chi connectivity index (χ1) is 11.5. The fourth-order valence-corrected chi connectivity index (χ4v) is 2.88. The first-order valence-corrected chi connectivity index (χ1v) is 7.88. The van der Waals surface area contributed by atoms with Gasteiger partial charge in [0.15, 0.2) is 0 Å². The van der Waals surface area contributed by atoms with E-state index in [1.165, 1.54) is 0 Å². The number of hydrogen-bond donors (Lipinski definition) is 1. The van der Waals surface area contributed by atoms with Crippen molar-refractivity contribution in [3.63, 3.8) is 0 Å². The molecule has 24 heavy (non-hydrogen) atoms. The Labute approximate surface area is 139 Å². The average molecular weight is 334 g/mol. The van der Waals surface area contributed by atoms with E-state index in [4.69, 9.17) is 0 Å². The number of hydrogen-bond acceptors (Lipinski definition) is 5. The second-order valence-electron chi connectivity index (χ2n) is 5.87. The molecule has 1 aromatic carbocycles. The molecule has 1 aliphatic heterocycles. The Morgan fingerprint density at radius 1 is 1.29 bits per heavy atom. The van der Waals surface area contributed by atoms with E-state index in [9.17, 15) is 8.78 Å². The van der Waals surface area contributed by atoms with Crippen LogP contribution < -0.4 is 15.0 Å². The molecule has 0 aliphatic carbocycles. The predicted octanol–water partition coefficient (Wildman–Crippen LogP) is 3.39. The Bertz CT molecular complexity index is 711. The van der Waals surface area contributed by atoms with Crippen molar-refractivity contribution in [2.75, 3.05) is 23.3 Å². The minimum absolute atomic E-state index is 0.180. The summed E-state index contributed by atoms with van der Waals surface area (Å²) in [6.07, 6.45) is 2.62. The van der Waals surface area contributed by atoms with Crippen molar-refractivity contribution in [1.29, 1.82) is 0 Å². The van der Waals surface area contributed by atoms with Crippen LogP contribution in [0.25, 0.3) is 0 Å². The van der Waals surface area contributed by atoms with Gasteiger partial charge in [0.05, 0.1) is 17.1 Å². The van der Waals surface area contributed by atoms with Crippen molar-refractivity contribution in [3.8, 4) is 5.75 Å². The highest BCUT2D eigenvalue weighted by Crippen LogP contribution is 2.32. The third-order valence-electron chi connectivity index (χ3n) is 4.03. The minimum Gasteiger partial charge on any atom is -0.433 e. The SMILES string of the molecule is Cc1cnc(C)c(NC2CCN(c3ccccc3OC(F)F)C2)n1. The van der Waals surface area contributed by atoms with Crippen molar-refractivity contribution in [2.24, 2.45) is 0 Å². The molecule has 1 aromatic heterocycles. The van der Waals surface area contributed by atoms with E-state index in [1.54, 1.807) is 24.4 Å². The Balaban J connectivity index is 1.71. The molecule has 3 rings (SSSR count). The number of rotatable bonds is 5. The van der Waals surface area contributed by atoms with Crippen LogP contribution >= 0.6 is 0 Å². The number of aromatic nitrogens is 2. The molecule has 1 saturated heterocycles. The first kappa shape index (κ1) is 16.4. The summed E-state index contributed by atoms with van der Waals surface area (Å²) >= 11 is 0. The van der Waals surface area contributed by atoms with Crippen molar-refractivity contribution < 1.29 is 13.5 Å². The molecule has 0 bridgehead atoms. The second-order valence-corrected chi connectivity index (χ2v) is 5.87. The molecular formula is C17H20F2N4O. The molecule has 0 amide bonds. The molecule has 2 heterocycles. The van der Waals surface area contributed by atoms with E-state index < -0.39 is 6.61 Å². The number of para-hydroxylation sites is 2. The van der Waals surface area contributed by atoms with E-state index in [2.05, 4.69) is 20.0 Å². The van der Waals surface area contributed by atoms with Crippen LogP contribution in [0.5, 0.6) is 5.75 Å². The van der Waals surface area contributed by atoms with Crippen LogP contribution in [0.1, 0.15) is 17.8 Å². The quantitative estimate of drug-likeness (QED) is 0.908. The molecule has 128 valence electrons. The van der Waals surface area contributed by atoms with E-state index in [-0.39, 0.29) is 11.8 Å². The predicted molar refractivity (Wildman–Crippen MR) is 88.8 cm³/mol. The third-order valence-corrected chi connectivity index (χ3v) is 4.03. The number of nitrogens with one attached hydrogen (secondary N) is 1. The molecule has 0 radical (unpaired) electrons. The summed E-state index contributed by atoms with van der Waals surface area (Å²) in [7, 11) is 0. The maximum absolute atomic E-state index is 12.6. The summed E-state index contributed by atoms with van der Waals surface area (Å²) in [5.41, 5.74) is 2.39. The van der Waals surface area contributed by atoms with Crippen LogP contribution in [-0.2, 0) is 0 Å². The number of anilines is 2. The number of nitrogens with zero attached hydrogens (tertiary/aromatic N) is 3. The molecule has 0 saturated carbocycles. The lowest BCUT2D eigenvalue weighted by molar-refractivity contribution is -0.0495. The summed E-state index contributed by atoms with van der Waals surface area (Å²) in [4.78, 5) is 10.8. The van der Waals surface area contributed by atoms with Gasteiger partial charge in [0.25, 0.3) is 0 Å². The lowest BCUT2D eigenvalue weighted by Gasteiger charge is -2.22. The zero-order valence-corrected chi connectivity index (χ0v) is 13.7. The Kier molecular flexibility index (Phi) is 4.78. The molecular weight excluding hydrogens is 314 g/mol. The Hall–Kier alpha value is -2.44. The van der Waals surface area contributed by atoms with Crippen LogP contribution in [0.4, 0.5) is 20.3 Å². The maximum atomic E-state index is 12.6. The molecule has 1 atom stereocenters. The van der Waals surface area contributed by atoms with Gasteiger partial charge in [-0.05, 0) is 32.4 Å². The standard InChI is InChI=1S/C17H20F2N4O/c1-11-9-20-12(2)16(21-11)22-13-7-8-23(10-13)14-5-3-4-6-15(14)24-17(18)19/h3-6,9,13,17H,7-8,10H2,1-2H3,(H,21,22). The largest absolute Gasteiger partial charge is 0.433 e. The van der Waals surface area contributed by atoms with Crippen molar-refractivity contribution in [2.45, 2.75) is 32.9 Å². The van der Waals surface area contributed by atoms with Crippen molar-refractivity contribution in [1.82, 2.24) is 9.97 Å². The van der Waals surface area contributed by atoms with Crippen LogP contribution in [0.2, 0.25) is 0 Å². The van der Waals surface area contributed by atoms with Gasteiger partial charge in [0.2, 0.25) is 0 Å². The van der Waals surface area contributed by atoms with Gasteiger partial charge < -0.3 is 15.0 Å². The molecule has 1 fully saturated rings. The molecule has 1 N–H and O–H groups in total. The summed E-state index contributed by atoms with van der Waals surface area (Å²) in [5.74, 6) is 0.985. The monoisotopic (exact) mass is 334 g/mol. The molecule has 5 nitrogen and oxygen atoms in total. The highest BCUT2D eigenvalue weighted by Gasteiger charge is 2.26. The zero-order valence-electron chi connectivity index (χ0n) is 13.7. The average Bonchev–Trinajstić information content (AvgIpc) is 2.99. The number of benzene rings is 1. The van der Waals surface area contributed by atoms with Gasteiger partial charge in [-0.15, -0.1) is 0 Å². The number of halogens is 2. The number of ether oxygens (including phenoxy) is 1. The highest BCUT2D eigenvalue weighted by molar-refractivity contribution is 5.59. The topological polar surface area (TPSA) is 50.3 Å². The summed E-state index contributed by atoms with van der Waals surface area (Å²) < 4.78 is 29.8. The minimum atomic E-state index is -2.83. The van der Waals surface area contributed by atoms with Gasteiger partial charge in [0.1, 0.15) is 11.6 Å². The third kappa shape index (κ3) is 3.72. The highest BCUT2D eigenvalue weighted by atomic mass is 19.3. The number of aryl methyl sites for hydroxylation is 2. The Morgan fingerprint density at radius 3 is 2.88 bits per heavy atom. The fraction of sp³-hybridized carbons (Fsp3) is 0.412. The van der Waals surface area contributed by atoms with Gasteiger partial charge in [-0.2, -0.15) is 8.78 Å². The van der Waals surface area contributed by atoms with Gasteiger partial charge in [-0.25, -0.2) is 4.98 Å². The smallest absolute Gasteiger partial charge is 0.387 e. The molecule has 7 heteroatoms. The first-order valence-electron chi connectivity index (χ1n) is 7.88. The van der Waals surface area contributed by atoms with Crippen LogP contribution in [-0.4, -0.2) is 35.7 Å². The van der Waals surface area contributed by atoms with E-state index in [1.807, 2.05) is 24.8 Å². The van der Waals surface area contributed by atoms with Crippen LogP contribution in [0.15, 0.2) is 30.5 Å². The van der Waals surface area contributed by atoms with Crippen molar-refractivity contribution in [3.05, 3.63) is 41.9 Å². The lowest BCUT2D eigenvalue weighted by atomic mass is 10.2.